The summed E-state index contributed by atoms with van der Waals surface area (Å²) in [6.45, 7) is 7.85. The van der Waals surface area contributed by atoms with E-state index >= 15 is 0 Å². The van der Waals surface area contributed by atoms with E-state index in [-0.39, 0.29) is 36.8 Å². The van der Waals surface area contributed by atoms with Gasteiger partial charge in [-0.05, 0) is 32.4 Å². The van der Waals surface area contributed by atoms with Crippen LogP contribution in [0.4, 0.5) is 0 Å². The van der Waals surface area contributed by atoms with Crippen molar-refractivity contribution in [2.75, 3.05) is 13.1 Å². The third kappa shape index (κ3) is 4.62. The maximum Gasteiger partial charge on any atom is 0.227 e. The Kier molecular flexibility index (Phi) is 8.09. The van der Waals surface area contributed by atoms with Gasteiger partial charge in [-0.1, -0.05) is 6.07 Å². The minimum absolute atomic E-state index is 0. The molecule has 2 unspecified atom stereocenters. The molecule has 1 aliphatic heterocycles. The Labute approximate surface area is 133 Å². The molecule has 0 aliphatic carbocycles. The molecule has 1 fully saturated rings. The minimum atomic E-state index is 0. The molecule has 0 bridgehead atoms. The highest BCUT2D eigenvalue weighted by Crippen LogP contribution is 2.11. The van der Waals surface area contributed by atoms with E-state index in [1.807, 2.05) is 24.0 Å². The Hall–Kier alpha value is -0.840. The molecule has 0 aromatic carbocycles. The number of nitrogens with one attached hydrogen (secondary N) is 1. The molecule has 2 atom stereocenters. The molecule has 20 heavy (non-hydrogen) atoms. The number of aromatic nitrogens is 1. The van der Waals surface area contributed by atoms with Crippen LogP contribution in [0.15, 0.2) is 18.3 Å². The van der Waals surface area contributed by atoms with Crippen molar-refractivity contribution < 1.29 is 4.79 Å². The van der Waals surface area contributed by atoms with Gasteiger partial charge in [0.1, 0.15) is 0 Å². The fourth-order valence-electron chi connectivity index (χ4n) is 2.29. The zero-order chi connectivity index (χ0) is 13.1. The van der Waals surface area contributed by atoms with E-state index in [0.717, 1.165) is 24.3 Å². The highest BCUT2D eigenvalue weighted by molar-refractivity contribution is 5.85. The van der Waals surface area contributed by atoms with E-state index in [1.165, 1.54) is 0 Å². The summed E-state index contributed by atoms with van der Waals surface area (Å²) in [5.41, 5.74) is 1.97. The summed E-state index contributed by atoms with van der Waals surface area (Å²) in [5, 5.41) is 3.38. The lowest BCUT2D eigenvalue weighted by molar-refractivity contribution is -0.134. The molecule has 1 N–H and O–H groups in total. The normalized spacial score (nSPS) is 21.6. The maximum absolute atomic E-state index is 12.3. The van der Waals surface area contributed by atoms with Gasteiger partial charge in [-0.15, -0.1) is 24.8 Å². The Morgan fingerprint density at radius 1 is 1.40 bits per heavy atom. The van der Waals surface area contributed by atoms with Crippen molar-refractivity contribution in [3.05, 3.63) is 29.6 Å². The van der Waals surface area contributed by atoms with Crippen molar-refractivity contribution in [2.45, 2.75) is 39.3 Å². The lowest BCUT2D eigenvalue weighted by Gasteiger charge is -2.38. The first-order chi connectivity index (χ1) is 8.58. The summed E-state index contributed by atoms with van der Waals surface area (Å²) >= 11 is 0. The van der Waals surface area contributed by atoms with Crippen LogP contribution in [0.2, 0.25) is 0 Å². The molecule has 0 saturated carbocycles. The molecule has 114 valence electrons. The van der Waals surface area contributed by atoms with E-state index in [1.54, 1.807) is 6.20 Å². The van der Waals surface area contributed by atoms with Gasteiger partial charge in [0.25, 0.3) is 0 Å². The van der Waals surface area contributed by atoms with Crippen molar-refractivity contribution >= 4 is 30.7 Å². The molecular weight excluding hydrogens is 297 g/mol. The van der Waals surface area contributed by atoms with Crippen LogP contribution in [0.25, 0.3) is 0 Å². The first-order valence-corrected chi connectivity index (χ1v) is 6.52. The van der Waals surface area contributed by atoms with Crippen LogP contribution >= 0.6 is 24.8 Å². The molecule has 1 aromatic heterocycles. The van der Waals surface area contributed by atoms with Crippen molar-refractivity contribution in [3.63, 3.8) is 0 Å². The number of carbonyl (C=O) groups excluding carboxylic acids is 1. The third-order valence-electron chi connectivity index (χ3n) is 3.68. The van der Waals surface area contributed by atoms with E-state index in [4.69, 9.17) is 0 Å². The fourth-order valence-corrected chi connectivity index (χ4v) is 2.29. The van der Waals surface area contributed by atoms with Crippen LogP contribution in [-0.4, -0.2) is 41.0 Å². The molecule has 1 aliphatic rings. The number of rotatable bonds is 2. The number of pyridine rings is 1. The van der Waals surface area contributed by atoms with Crippen LogP contribution in [0, 0.1) is 6.92 Å². The van der Waals surface area contributed by atoms with E-state index in [0.29, 0.717) is 12.5 Å². The quantitative estimate of drug-likeness (QED) is 0.906. The van der Waals surface area contributed by atoms with Crippen LogP contribution in [-0.2, 0) is 11.2 Å². The molecule has 2 rings (SSSR count). The smallest absolute Gasteiger partial charge is 0.227 e. The Bertz CT molecular complexity index is 425. The Morgan fingerprint density at radius 2 is 2.10 bits per heavy atom. The molecule has 0 spiro atoms. The summed E-state index contributed by atoms with van der Waals surface area (Å²) in [6.07, 6.45) is 2.24. The monoisotopic (exact) mass is 319 g/mol. The van der Waals surface area contributed by atoms with Gasteiger partial charge in [0.15, 0.2) is 0 Å². The number of nitrogens with zero attached hydrogens (tertiary/aromatic N) is 2. The van der Waals surface area contributed by atoms with E-state index in [2.05, 4.69) is 24.1 Å². The lowest BCUT2D eigenvalue weighted by atomic mass is 10.1. The molecule has 1 aromatic rings. The first kappa shape index (κ1) is 19.2. The minimum Gasteiger partial charge on any atom is -0.337 e. The van der Waals surface area contributed by atoms with Crippen LogP contribution in [0.5, 0.6) is 0 Å². The van der Waals surface area contributed by atoms with Crippen LogP contribution in [0.1, 0.15) is 25.1 Å². The second-order valence-electron chi connectivity index (χ2n) is 5.06. The molecule has 1 saturated heterocycles. The predicted molar refractivity (Wildman–Crippen MR) is 85.8 cm³/mol. The molecule has 4 nitrogen and oxygen atoms in total. The number of carbonyl (C=O) groups is 1. The predicted octanol–water partition coefficient (Wildman–Crippen LogP) is 1.98. The van der Waals surface area contributed by atoms with Crippen LogP contribution < -0.4 is 5.32 Å². The standard InChI is InChI=1S/C14H21N3O.2ClH/c1-10-4-5-13(9-16-10)8-14(18)17-7-6-15-11(2)12(17)3;;/h4-5,9,11-12,15H,6-8H2,1-3H3;2*1H. The zero-order valence-corrected chi connectivity index (χ0v) is 13.8. The number of halogens is 2. The Morgan fingerprint density at radius 3 is 2.70 bits per heavy atom. The SMILES string of the molecule is Cc1ccc(CC(=O)N2CCNC(C)C2C)cn1.Cl.Cl. The van der Waals surface area contributed by atoms with Gasteiger partial charge in [-0.2, -0.15) is 0 Å². The molecule has 1 amide bonds. The van der Waals surface area contributed by atoms with E-state index < -0.39 is 0 Å². The van der Waals surface area contributed by atoms with Crippen molar-refractivity contribution in [2.24, 2.45) is 0 Å². The van der Waals surface area contributed by atoms with Gasteiger partial charge in [0.05, 0.1) is 6.42 Å². The largest absolute Gasteiger partial charge is 0.337 e. The first-order valence-electron chi connectivity index (χ1n) is 6.52. The van der Waals surface area contributed by atoms with Gasteiger partial charge in [0, 0.05) is 37.1 Å². The topological polar surface area (TPSA) is 45.2 Å². The van der Waals surface area contributed by atoms with Gasteiger partial charge >= 0.3 is 0 Å². The summed E-state index contributed by atoms with van der Waals surface area (Å²) in [7, 11) is 0. The summed E-state index contributed by atoms with van der Waals surface area (Å²) < 4.78 is 0. The second kappa shape index (κ2) is 8.45. The molecule has 2 heterocycles. The summed E-state index contributed by atoms with van der Waals surface area (Å²) in [5.74, 6) is 0.196. The highest BCUT2D eigenvalue weighted by atomic mass is 35.5. The Balaban J connectivity index is 0.00000180. The van der Waals surface area contributed by atoms with E-state index in [9.17, 15) is 4.79 Å². The number of hydrogen-bond acceptors (Lipinski definition) is 3. The summed E-state index contributed by atoms with van der Waals surface area (Å²) in [6, 6.07) is 4.55. The van der Waals surface area contributed by atoms with Gasteiger partial charge in [-0.3, -0.25) is 9.78 Å². The van der Waals surface area contributed by atoms with Gasteiger partial charge in [0.2, 0.25) is 5.91 Å². The third-order valence-corrected chi connectivity index (χ3v) is 3.68. The number of amides is 1. The average molecular weight is 320 g/mol. The molecular formula is C14H23Cl2N3O. The second-order valence-corrected chi connectivity index (χ2v) is 5.06. The lowest BCUT2D eigenvalue weighted by Crippen LogP contribution is -2.57. The number of aryl methyl sites for hydroxylation is 1. The van der Waals surface area contributed by atoms with Gasteiger partial charge < -0.3 is 10.2 Å². The number of piperazine rings is 1. The molecule has 0 radical (unpaired) electrons. The fraction of sp³-hybridized carbons (Fsp3) is 0.571. The average Bonchev–Trinajstić information content (AvgIpc) is 2.35. The van der Waals surface area contributed by atoms with Crippen molar-refractivity contribution in [1.29, 1.82) is 0 Å². The summed E-state index contributed by atoms with van der Waals surface area (Å²) in [4.78, 5) is 18.5. The van der Waals surface area contributed by atoms with Crippen molar-refractivity contribution in [3.8, 4) is 0 Å². The van der Waals surface area contributed by atoms with Crippen LogP contribution in [0.3, 0.4) is 0 Å². The molecule has 6 heteroatoms. The van der Waals surface area contributed by atoms with Crippen molar-refractivity contribution in [1.82, 2.24) is 15.2 Å². The highest BCUT2D eigenvalue weighted by Gasteiger charge is 2.27. The maximum atomic E-state index is 12.3. The number of hydrogen-bond donors (Lipinski definition) is 1. The zero-order valence-electron chi connectivity index (χ0n) is 12.1. The van der Waals surface area contributed by atoms with Gasteiger partial charge in [-0.25, -0.2) is 0 Å².